The zero-order chi connectivity index (χ0) is 15.7. The third kappa shape index (κ3) is 2.88. The summed E-state index contributed by atoms with van der Waals surface area (Å²) in [5, 5.41) is 13.3. The first-order valence-corrected chi connectivity index (χ1v) is 7.86. The van der Waals surface area contributed by atoms with Crippen LogP contribution < -0.4 is 0 Å². The highest BCUT2D eigenvalue weighted by molar-refractivity contribution is 6.30. The van der Waals surface area contributed by atoms with Gasteiger partial charge in [0.2, 0.25) is 0 Å². The van der Waals surface area contributed by atoms with Crippen molar-refractivity contribution in [2.24, 2.45) is 14.1 Å². The summed E-state index contributed by atoms with van der Waals surface area (Å²) in [5.41, 5.74) is 2.18. The third-order valence-corrected chi connectivity index (χ3v) is 4.53. The van der Waals surface area contributed by atoms with Gasteiger partial charge in [-0.3, -0.25) is 9.58 Å². The summed E-state index contributed by atoms with van der Waals surface area (Å²) in [6, 6.07) is 0. The zero-order valence-corrected chi connectivity index (χ0v) is 13.9. The third-order valence-electron chi connectivity index (χ3n) is 4.05. The average Bonchev–Trinajstić information content (AvgIpc) is 3.06. The number of aryl methyl sites for hydroxylation is 3. The summed E-state index contributed by atoms with van der Waals surface area (Å²) in [7, 11) is 3.82. The summed E-state index contributed by atoms with van der Waals surface area (Å²) in [6.07, 6.45) is 2.53. The lowest BCUT2D eigenvalue weighted by Gasteiger charge is -2.32. The molecule has 0 unspecified atom stereocenters. The van der Waals surface area contributed by atoms with Crippen molar-refractivity contribution in [3.05, 3.63) is 28.6 Å². The molecule has 1 saturated heterocycles. The van der Waals surface area contributed by atoms with Crippen molar-refractivity contribution in [1.29, 1.82) is 0 Å². The fraction of sp³-hybridized carbons (Fsp3) is 0.643. The minimum Gasteiger partial charge on any atom is -0.368 e. The highest BCUT2D eigenvalue weighted by atomic mass is 35.5. The molecule has 0 aromatic carbocycles. The van der Waals surface area contributed by atoms with Crippen LogP contribution in [0, 0.1) is 0 Å². The molecule has 8 heteroatoms. The number of nitrogens with zero attached hydrogens (tertiary/aromatic N) is 6. The quantitative estimate of drug-likeness (QED) is 0.849. The number of hydrogen-bond acceptors (Lipinski definition) is 5. The van der Waals surface area contributed by atoms with E-state index in [0.717, 1.165) is 48.3 Å². The van der Waals surface area contributed by atoms with E-state index in [9.17, 15) is 0 Å². The second-order valence-electron chi connectivity index (χ2n) is 5.59. The monoisotopic (exact) mass is 324 g/mol. The molecule has 3 rings (SSSR count). The van der Waals surface area contributed by atoms with Gasteiger partial charge < -0.3 is 9.30 Å². The molecule has 0 radical (unpaired) electrons. The Kier molecular flexibility index (Phi) is 4.46. The predicted octanol–water partition coefficient (Wildman–Crippen LogP) is 1.34. The van der Waals surface area contributed by atoms with E-state index in [0.29, 0.717) is 6.61 Å². The molecule has 2 aromatic rings. The van der Waals surface area contributed by atoms with Crippen LogP contribution in [0.5, 0.6) is 0 Å². The number of morpholine rings is 1. The van der Waals surface area contributed by atoms with Crippen molar-refractivity contribution in [2.75, 3.05) is 19.7 Å². The first-order chi connectivity index (χ1) is 10.6. The molecule has 1 aliphatic rings. The van der Waals surface area contributed by atoms with Crippen LogP contribution in [0.3, 0.4) is 0 Å². The molecule has 1 atom stereocenters. The topological polar surface area (TPSA) is 61.0 Å². The molecule has 0 bridgehead atoms. The van der Waals surface area contributed by atoms with Crippen LogP contribution in [-0.4, -0.2) is 49.1 Å². The SMILES string of the molecule is CCc1nn(C)c(Cl)c1CN1CCO[C@@H](c2nncn2C)C1. The molecule has 22 heavy (non-hydrogen) atoms. The van der Waals surface area contributed by atoms with E-state index in [1.165, 1.54) is 0 Å². The number of hydrogen-bond donors (Lipinski definition) is 0. The summed E-state index contributed by atoms with van der Waals surface area (Å²) >= 11 is 6.39. The van der Waals surface area contributed by atoms with Gasteiger partial charge in [0.25, 0.3) is 0 Å². The van der Waals surface area contributed by atoms with Gasteiger partial charge in [0, 0.05) is 39.3 Å². The Morgan fingerprint density at radius 2 is 2.23 bits per heavy atom. The van der Waals surface area contributed by atoms with Crippen LogP contribution in [0.1, 0.15) is 30.1 Å². The molecule has 2 aromatic heterocycles. The number of rotatable bonds is 4. The molecule has 1 fully saturated rings. The van der Waals surface area contributed by atoms with Gasteiger partial charge in [-0.05, 0) is 6.42 Å². The molecule has 0 saturated carbocycles. The van der Waals surface area contributed by atoms with Gasteiger partial charge >= 0.3 is 0 Å². The maximum Gasteiger partial charge on any atom is 0.163 e. The molecule has 0 aliphatic carbocycles. The fourth-order valence-corrected chi connectivity index (χ4v) is 3.06. The second-order valence-corrected chi connectivity index (χ2v) is 5.95. The molecule has 120 valence electrons. The molecular formula is C14H21ClN6O. The first-order valence-electron chi connectivity index (χ1n) is 7.48. The van der Waals surface area contributed by atoms with E-state index >= 15 is 0 Å². The highest BCUT2D eigenvalue weighted by Crippen LogP contribution is 2.25. The lowest BCUT2D eigenvalue weighted by molar-refractivity contribution is -0.0386. The summed E-state index contributed by atoms with van der Waals surface area (Å²) in [6.45, 7) is 5.22. The molecular weight excluding hydrogens is 304 g/mol. The van der Waals surface area contributed by atoms with Crippen LogP contribution in [0.25, 0.3) is 0 Å². The van der Waals surface area contributed by atoms with E-state index < -0.39 is 0 Å². The maximum atomic E-state index is 6.39. The fourth-order valence-electron chi connectivity index (χ4n) is 2.85. The van der Waals surface area contributed by atoms with Gasteiger partial charge in [-0.2, -0.15) is 5.10 Å². The second kappa shape index (κ2) is 6.36. The van der Waals surface area contributed by atoms with Crippen LogP contribution in [-0.2, 0) is 31.8 Å². The number of ether oxygens (including phenoxy) is 1. The maximum absolute atomic E-state index is 6.39. The molecule has 0 spiro atoms. The Balaban J connectivity index is 1.75. The van der Waals surface area contributed by atoms with Crippen LogP contribution >= 0.6 is 11.6 Å². The van der Waals surface area contributed by atoms with Gasteiger partial charge in [0.15, 0.2) is 5.82 Å². The molecule has 1 aliphatic heterocycles. The summed E-state index contributed by atoms with van der Waals surface area (Å²) in [5.74, 6) is 0.859. The van der Waals surface area contributed by atoms with Crippen molar-refractivity contribution in [1.82, 2.24) is 29.4 Å². The van der Waals surface area contributed by atoms with Crippen LogP contribution in [0.4, 0.5) is 0 Å². The van der Waals surface area contributed by atoms with Crippen molar-refractivity contribution < 1.29 is 4.74 Å². The minimum absolute atomic E-state index is 0.0539. The number of aromatic nitrogens is 5. The predicted molar refractivity (Wildman–Crippen MR) is 82.6 cm³/mol. The van der Waals surface area contributed by atoms with E-state index in [-0.39, 0.29) is 6.10 Å². The standard InChI is InChI=1S/C14H21ClN6O/c1-4-11-10(13(15)20(3)18-11)7-21-5-6-22-12(8-21)14-17-16-9-19(14)2/h9,12H,4-8H2,1-3H3/t12-/m1/s1. The zero-order valence-electron chi connectivity index (χ0n) is 13.2. The lowest BCUT2D eigenvalue weighted by atomic mass is 10.1. The Morgan fingerprint density at radius 3 is 2.91 bits per heavy atom. The Hall–Kier alpha value is -1.44. The van der Waals surface area contributed by atoms with Gasteiger partial charge in [0.1, 0.15) is 17.6 Å². The highest BCUT2D eigenvalue weighted by Gasteiger charge is 2.27. The molecule has 3 heterocycles. The van der Waals surface area contributed by atoms with E-state index in [2.05, 4.69) is 27.1 Å². The van der Waals surface area contributed by atoms with Crippen LogP contribution in [0.2, 0.25) is 5.15 Å². The van der Waals surface area contributed by atoms with Crippen LogP contribution in [0.15, 0.2) is 6.33 Å². The van der Waals surface area contributed by atoms with E-state index in [1.54, 1.807) is 11.0 Å². The minimum atomic E-state index is -0.0539. The van der Waals surface area contributed by atoms with E-state index in [1.807, 2.05) is 18.7 Å². The van der Waals surface area contributed by atoms with Gasteiger partial charge in [-0.15, -0.1) is 10.2 Å². The van der Waals surface area contributed by atoms with Gasteiger partial charge in [-0.25, -0.2) is 0 Å². The average molecular weight is 325 g/mol. The van der Waals surface area contributed by atoms with Crippen molar-refractivity contribution in [3.8, 4) is 0 Å². The van der Waals surface area contributed by atoms with Gasteiger partial charge in [0.05, 0.1) is 12.3 Å². The molecule has 0 amide bonds. The Labute approximate surface area is 134 Å². The summed E-state index contributed by atoms with van der Waals surface area (Å²) in [4.78, 5) is 2.34. The van der Waals surface area contributed by atoms with Crippen molar-refractivity contribution in [2.45, 2.75) is 26.0 Å². The first kappa shape index (κ1) is 15.5. The van der Waals surface area contributed by atoms with Gasteiger partial charge in [-0.1, -0.05) is 18.5 Å². The Bertz CT molecular complexity index is 652. The largest absolute Gasteiger partial charge is 0.368 e. The van der Waals surface area contributed by atoms with E-state index in [4.69, 9.17) is 16.3 Å². The summed E-state index contributed by atoms with van der Waals surface area (Å²) < 4.78 is 9.50. The van der Waals surface area contributed by atoms with Crippen molar-refractivity contribution in [3.63, 3.8) is 0 Å². The molecule has 7 nitrogen and oxygen atoms in total. The smallest absolute Gasteiger partial charge is 0.163 e. The van der Waals surface area contributed by atoms with Crippen molar-refractivity contribution >= 4 is 11.6 Å². The normalized spacial score (nSPS) is 19.7. The number of halogens is 1. The lowest BCUT2D eigenvalue weighted by Crippen LogP contribution is -2.38. The molecule has 0 N–H and O–H groups in total. The Morgan fingerprint density at radius 1 is 1.41 bits per heavy atom.